The van der Waals surface area contributed by atoms with Crippen molar-refractivity contribution in [3.8, 4) is 0 Å². The van der Waals surface area contributed by atoms with Gasteiger partial charge < -0.3 is 33.8 Å². The third-order valence-electron chi connectivity index (χ3n) is 17.7. The van der Waals surface area contributed by atoms with E-state index in [1.54, 1.807) is 0 Å². The van der Waals surface area contributed by atoms with Gasteiger partial charge in [0.05, 0.1) is 26.4 Å². The van der Waals surface area contributed by atoms with E-state index >= 15 is 0 Å². The number of phosphoric acid groups is 2. The average Bonchev–Trinajstić information content (AvgIpc) is 0.898. The van der Waals surface area contributed by atoms with E-state index in [1.807, 2.05) is 0 Å². The fraction of sp³-hybridized carbons (Fsp3) is 0.656. The standard InChI is InChI=1S/C93H154O17P2/c1-5-9-13-17-21-25-29-33-37-40-43-46-50-53-57-61-65-69-73-77-90(95)103-83-88(109-92(97)79-75-71-67-63-59-55-49-36-32-28-24-20-16-12-8-4)85-107-111(99,100)105-81-87(94)82-106-112(101,102)108-86-89(110-93(98)80-76-72-68-64-60-56-52-48-45-42-39-35-31-27-23-19-15-11-7-3)84-104-91(96)78-74-70-66-62-58-54-51-47-44-41-38-34-30-26-22-18-14-10-6-2/h9-11,13-15,21-23,25-27,33-39,43-49,54,58,87-89,94H,5-8,12,16-20,24,28-32,40-42,50-53,55-57,59-86H2,1-4H3,(H,99,100)(H,101,102)/b13-9-,14-10-,15-11-,25-21-,26-22-,27-23-,37-33-,38-34-,39-35-,46-43-,47-44-,48-45-,49-36-,58-54-. The van der Waals surface area contributed by atoms with Crippen molar-refractivity contribution in [3.63, 3.8) is 0 Å². The van der Waals surface area contributed by atoms with E-state index in [1.165, 1.54) is 38.5 Å². The molecule has 5 atom stereocenters. The van der Waals surface area contributed by atoms with Crippen molar-refractivity contribution in [3.05, 3.63) is 170 Å². The van der Waals surface area contributed by atoms with Crippen molar-refractivity contribution >= 4 is 39.5 Å². The number of aliphatic hydroxyl groups is 1. The Balaban J connectivity index is 5.46. The second-order valence-corrected chi connectivity index (χ2v) is 31.2. The molecule has 0 amide bonds. The highest BCUT2D eigenvalue weighted by Gasteiger charge is 2.30. The molecule has 0 aromatic carbocycles. The van der Waals surface area contributed by atoms with Gasteiger partial charge in [-0.25, -0.2) is 9.13 Å². The quantitative estimate of drug-likeness (QED) is 0.0169. The van der Waals surface area contributed by atoms with E-state index in [0.717, 1.165) is 218 Å². The largest absolute Gasteiger partial charge is 0.472 e. The summed E-state index contributed by atoms with van der Waals surface area (Å²) >= 11 is 0. The highest BCUT2D eigenvalue weighted by Crippen LogP contribution is 2.45. The van der Waals surface area contributed by atoms with Gasteiger partial charge in [0, 0.05) is 25.7 Å². The lowest BCUT2D eigenvalue weighted by Crippen LogP contribution is -2.30. The van der Waals surface area contributed by atoms with Gasteiger partial charge in [0.15, 0.2) is 12.2 Å². The summed E-state index contributed by atoms with van der Waals surface area (Å²) in [6.45, 7) is 4.48. The molecule has 0 rings (SSSR count). The van der Waals surface area contributed by atoms with Crippen molar-refractivity contribution in [2.45, 2.75) is 354 Å². The Hall–Kier alpha value is -5.58. The maximum absolute atomic E-state index is 13.2. The minimum absolute atomic E-state index is 0.0649. The number of rotatable bonds is 80. The molecule has 638 valence electrons. The van der Waals surface area contributed by atoms with Crippen LogP contribution in [0.3, 0.4) is 0 Å². The number of carbonyl (C=O) groups is 4. The highest BCUT2D eigenvalue weighted by molar-refractivity contribution is 7.47. The molecule has 19 heteroatoms. The first-order chi connectivity index (χ1) is 54.7. The van der Waals surface area contributed by atoms with Crippen LogP contribution in [0.5, 0.6) is 0 Å². The summed E-state index contributed by atoms with van der Waals surface area (Å²) in [6.07, 6.45) is 100. The van der Waals surface area contributed by atoms with Crippen LogP contribution in [-0.4, -0.2) is 96.7 Å². The Bertz CT molecular complexity index is 2790. The number of hydrogen-bond acceptors (Lipinski definition) is 15. The third kappa shape index (κ3) is 82.4. The van der Waals surface area contributed by atoms with Gasteiger partial charge in [0.2, 0.25) is 0 Å². The van der Waals surface area contributed by atoms with E-state index in [0.29, 0.717) is 25.7 Å². The van der Waals surface area contributed by atoms with Crippen molar-refractivity contribution in [2.75, 3.05) is 39.6 Å². The topological polar surface area (TPSA) is 237 Å². The van der Waals surface area contributed by atoms with Crippen LogP contribution in [0.15, 0.2) is 170 Å². The third-order valence-corrected chi connectivity index (χ3v) is 19.6. The zero-order valence-electron chi connectivity index (χ0n) is 70.0. The molecule has 0 fully saturated rings. The maximum Gasteiger partial charge on any atom is 0.472 e. The van der Waals surface area contributed by atoms with Gasteiger partial charge in [-0.3, -0.25) is 37.3 Å². The molecule has 0 heterocycles. The molecule has 0 aliphatic rings. The second kappa shape index (κ2) is 83.4. The summed E-state index contributed by atoms with van der Waals surface area (Å²) in [7, 11) is -10.0. The van der Waals surface area contributed by atoms with E-state index in [-0.39, 0.29) is 25.7 Å². The summed E-state index contributed by atoms with van der Waals surface area (Å²) in [6, 6.07) is 0. The normalized spacial score (nSPS) is 14.6. The molecule has 17 nitrogen and oxygen atoms in total. The van der Waals surface area contributed by atoms with Crippen LogP contribution >= 0.6 is 15.6 Å². The number of hydrogen-bond donors (Lipinski definition) is 3. The van der Waals surface area contributed by atoms with Gasteiger partial charge in [-0.15, -0.1) is 0 Å². The molecule has 0 saturated carbocycles. The zero-order valence-corrected chi connectivity index (χ0v) is 71.8. The van der Waals surface area contributed by atoms with Crippen molar-refractivity contribution in [1.82, 2.24) is 0 Å². The molecule has 0 saturated heterocycles. The van der Waals surface area contributed by atoms with Crippen LogP contribution in [0.2, 0.25) is 0 Å². The van der Waals surface area contributed by atoms with Gasteiger partial charge in [-0.2, -0.15) is 0 Å². The maximum atomic E-state index is 13.2. The first-order valence-electron chi connectivity index (χ1n) is 43.4. The predicted molar refractivity (Wildman–Crippen MR) is 463 cm³/mol. The fourth-order valence-electron chi connectivity index (χ4n) is 11.2. The van der Waals surface area contributed by atoms with Gasteiger partial charge >= 0.3 is 39.5 Å². The van der Waals surface area contributed by atoms with E-state index in [9.17, 15) is 43.2 Å². The van der Waals surface area contributed by atoms with Crippen LogP contribution < -0.4 is 0 Å². The molecule has 112 heavy (non-hydrogen) atoms. The summed E-state index contributed by atoms with van der Waals surface area (Å²) in [5.41, 5.74) is 0. The number of phosphoric ester groups is 2. The number of unbranched alkanes of at least 4 members (excludes halogenated alkanes) is 26. The molecule has 3 N–H and O–H groups in total. The van der Waals surface area contributed by atoms with E-state index in [2.05, 4.69) is 198 Å². The lowest BCUT2D eigenvalue weighted by Gasteiger charge is -2.21. The molecule has 0 spiro atoms. The molecule has 0 aromatic rings. The van der Waals surface area contributed by atoms with E-state index in [4.69, 9.17) is 37.0 Å². The molecule has 0 bridgehead atoms. The minimum Gasteiger partial charge on any atom is -0.462 e. The van der Waals surface area contributed by atoms with Crippen molar-refractivity contribution in [2.24, 2.45) is 0 Å². The van der Waals surface area contributed by atoms with Gasteiger partial charge in [0.25, 0.3) is 0 Å². The van der Waals surface area contributed by atoms with Crippen LogP contribution in [0.1, 0.15) is 336 Å². The molecule has 0 radical (unpaired) electrons. The van der Waals surface area contributed by atoms with Gasteiger partial charge in [-0.05, 0) is 173 Å². The summed E-state index contributed by atoms with van der Waals surface area (Å²) < 4.78 is 68.8. The average molecular weight is 1610 g/mol. The highest BCUT2D eigenvalue weighted by atomic mass is 31.2. The van der Waals surface area contributed by atoms with Crippen LogP contribution in [0.4, 0.5) is 0 Å². The molecular weight excluding hydrogens is 1450 g/mol. The number of allylic oxidation sites excluding steroid dienone is 28. The summed E-state index contributed by atoms with van der Waals surface area (Å²) in [4.78, 5) is 73.3. The Labute approximate surface area is 680 Å². The number of aliphatic hydroxyl groups excluding tert-OH is 1. The van der Waals surface area contributed by atoms with Gasteiger partial charge in [0.1, 0.15) is 19.3 Å². The lowest BCUT2D eigenvalue weighted by atomic mass is 10.1. The van der Waals surface area contributed by atoms with Crippen molar-refractivity contribution < 1.29 is 80.2 Å². The SMILES string of the molecule is CC/C=C\C/C=C\C/C=C\C/C=C\C/C=C\CCCCCC(=O)OCC(COP(=O)(O)OCC(O)COP(=O)(O)OCC(COC(=O)CCCCCCCC/C=C\C/C=C\C/C=C\C/C=C\CC)OC(=O)CCCCCCC/C=C\CCCCCCCC)OC(=O)CCCCCCCC/C=C\C/C=C\C/C=C\C/C=C\CC. The van der Waals surface area contributed by atoms with Gasteiger partial charge in [-0.1, -0.05) is 307 Å². The van der Waals surface area contributed by atoms with E-state index < -0.39 is 97.5 Å². The molecule has 0 aliphatic carbocycles. The Morgan fingerprint density at radius 2 is 0.464 bits per heavy atom. The molecular formula is C93H154O17P2. The summed E-state index contributed by atoms with van der Waals surface area (Å²) in [5, 5.41) is 10.7. The predicted octanol–water partition coefficient (Wildman–Crippen LogP) is 26.1. The van der Waals surface area contributed by atoms with Crippen LogP contribution in [0.25, 0.3) is 0 Å². The first-order valence-corrected chi connectivity index (χ1v) is 46.4. The second-order valence-electron chi connectivity index (χ2n) is 28.3. The van der Waals surface area contributed by atoms with Crippen molar-refractivity contribution in [1.29, 1.82) is 0 Å². The lowest BCUT2D eigenvalue weighted by molar-refractivity contribution is -0.161. The van der Waals surface area contributed by atoms with Crippen LogP contribution in [-0.2, 0) is 65.4 Å². The smallest absolute Gasteiger partial charge is 0.462 e. The Morgan fingerprint density at radius 3 is 0.732 bits per heavy atom. The molecule has 0 aromatic heterocycles. The molecule has 0 aliphatic heterocycles. The Kier molecular flexibility index (Phi) is 79.2. The minimum atomic E-state index is -5.00. The number of carbonyl (C=O) groups excluding carboxylic acids is 4. The summed E-state index contributed by atoms with van der Waals surface area (Å²) in [5.74, 6) is -2.25. The fourth-order valence-corrected chi connectivity index (χ4v) is 12.7. The molecule has 5 unspecified atom stereocenters. The first kappa shape index (κ1) is 106. The number of ether oxygens (including phenoxy) is 4. The van der Waals surface area contributed by atoms with Crippen LogP contribution in [0, 0.1) is 0 Å². The Morgan fingerprint density at radius 1 is 0.259 bits per heavy atom. The monoisotopic (exact) mass is 1610 g/mol. The number of esters is 4. The zero-order chi connectivity index (χ0) is 81.7.